The molecule has 0 spiro atoms. The molecule has 1 unspecified atom stereocenters. The molecule has 1 aromatic heterocycles. The van der Waals surface area contributed by atoms with Gasteiger partial charge in [-0.1, -0.05) is 18.2 Å². The highest BCUT2D eigenvalue weighted by atomic mass is 16.6. The van der Waals surface area contributed by atoms with Crippen LogP contribution in [0, 0.1) is 20.2 Å². The lowest BCUT2D eigenvalue weighted by Crippen LogP contribution is -2.44. The third-order valence-corrected chi connectivity index (χ3v) is 4.56. The second kappa shape index (κ2) is 8.90. The molecule has 160 valence electrons. The summed E-state index contributed by atoms with van der Waals surface area (Å²) in [4.78, 5) is 47.3. The zero-order valence-corrected chi connectivity index (χ0v) is 15.9. The Morgan fingerprint density at radius 1 is 1.10 bits per heavy atom. The van der Waals surface area contributed by atoms with Gasteiger partial charge in [-0.25, -0.2) is 4.79 Å². The predicted octanol–water partition coefficient (Wildman–Crippen LogP) is 2.21. The summed E-state index contributed by atoms with van der Waals surface area (Å²) in [5, 5.41) is 37.2. The smallest absolute Gasteiger partial charge is 0.326 e. The number of non-ortho nitro benzene ring substituents is 1. The number of carboxylic acids is 1. The molecule has 1 amide bonds. The van der Waals surface area contributed by atoms with E-state index >= 15 is 0 Å². The van der Waals surface area contributed by atoms with E-state index in [-0.39, 0.29) is 12.1 Å². The van der Waals surface area contributed by atoms with Crippen LogP contribution in [0.4, 0.5) is 17.1 Å². The molecule has 31 heavy (non-hydrogen) atoms. The van der Waals surface area contributed by atoms with Gasteiger partial charge in [0.05, 0.1) is 22.5 Å². The molecule has 0 aliphatic heterocycles. The predicted molar refractivity (Wildman–Crippen MR) is 110 cm³/mol. The van der Waals surface area contributed by atoms with Crippen molar-refractivity contribution >= 4 is 39.8 Å². The molecular formula is C19H17N5O7. The number of anilines is 1. The van der Waals surface area contributed by atoms with Crippen LogP contribution in [0.3, 0.4) is 0 Å². The monoisotopic (exact) mass is 427 g/mol. The number of nitro groups is 2. The first-order valence-corrected chi connectivity index (χ1v) is 9.00. The summed E-state index contributed by atoms with van der Waals surface area (Å²) in [6, 6.07) is 9.05. The molecule has 0 saturated carbocycles. The van der Waals surface area contributed by atoms with Gasteiger partial charge < -0.3 is 20.7 Å². The maximum absolute atomic E-state index is 12.3. The average molecular weight is 427 g/mol. The first-order valence-electron chi connectivity index (χ1n) is 9.00. The van der Waals surface area contributed by atoms with Crippen molar-refractivity contribution in [2.24, 2.45) is 0 Å². The summed E-state index contributed by atoms with van der Waals surface area (Å²) < 4.78 is 0. The minimum absolute atomic E-state index is 0.0305. The minimum Gasteiger partial charge on any atom is -0.480 e. The summed E-state index contributed by atoms with van der Waals surface area (Å²) >= 11 is 0. The minimum atomic E-state index is -1.24. The van der Waals surface area contributed by atoms with Gasteiger partial charge in [-0.15, -0.1) is 0 Å². The number of fused-ring (bicyclic) bond motifs is 1. The number of carbonyl (C=O) groups is 2. The van der Waals surface area contributed by atoms with Crippen LogP contribution in [0.15, 0.2) is 48.7 Å². The zero-order valence-electron chi connectivity index (χ0n) is 15.9. The van der Waals surface area contributed by atoms with Crippen LogP contribution in [-0.4, -0.2) is 44.4 Å². The SMILES string of the molecule is O=C(CNc1ccc([N+](=O)[O-])cc1[N+](=O)[O-])NC(Cc1c[nH]c2ccccc12)C(=O)O. The average Bonchev–Trinajstić information content (AvgIpc) is 3.14. The topological polar surface area (TPSA) is 180 Å². The van der Waals surface area contributed by atoms with Crippen LogP contribution >= 0.6 is 0 Å². The Morgan fingerprint density at radius 3 is 2.52 bits per heavy atom. The van der Waals surface area contributed by atoms with Gasteiger partial charge in [0, 0.05) is 29.6 Å². The van der Waals surface area contributed by atoms with Gasteiger partial charge in [-0.3, -0.25) is 25.0 Å². The molecule has 3 aromatic rings. The van der Waals surface area contributed by atoms with Crippen LogP contribution in [0.25, 0.3) is 10.9 Å². The number of H-pyrrole nitrogens is 1. The van der Waals surface area contributed by atoms with Crippen molar-refractivity contribution in [3.8, 4) is 0 Å². The van der Waals surface area contributed by atoms with Crippen molar-refractivity contribution in [1.29, 1.82) is 0 Å². The standard InChI is InChI=1S/C19H17N5O7/c25-18(10-21-15-6-5-12(23(28)29)8-17(15)24(30)31)22-16(19(26)27)7-11-9-20-14-4-2-1-3-13(11)14/h1-6,8-9,16,20-21H,7,10H2,(H,22,25)(H,26,27). The Balaban J connectivity index is 1.68. The molecule has 2 aromatic carbocycles. The van der Waals surface area contributed by atoms with Crippen LogP contribution < -0.4 is 10.6 Å². The van der Waals surface area contributed by atoms with Crippen molar-refractivity contribution in [3.63, 3.8) is 0 Å². The number of nitrogens with zero attached hydrogens (tertiary/aromatic N) is 2. The lowest BCUT2D eigenvalue weighted by atomic mass is 10.0. The molecule has 3 rings (SSSR count). The highest BCUT2D eigenvalue weighted by Crippen LogP contribution is 2.28. The highest BCUT2D eigenvalue weighted by molar-refractivity contribution is 5.88. The lowest BCUT2D eigenvalue weighted by Gasteiger charge is -2.15. The van der Waals surface area contributed by atoms with Crippen LogP contribution in [0.1, 0.15) is 5.56 Å². The maximum Gasteiger partial charge on any atom is 0.326 e. The fraction of sp³-hybridized carbons (Fsp3) is 0.158. The van der Waals surface area contributed by atoms with Gasteiger partial charge >= 0.3 is 5.97 Å². The Morgan fingerprint density at radius 2 is 1.84 bits per heavy atom. The van der Waals surface area contributed by atoms with Gasteiger partial charge in [0.2, 0.25) is 5.91 Å². The van der Waals surface area contributed by atoms with Crippen molar-refractivity contribution in [1.82, 2.24) is 10.3 Å². The van der Waals surface area contributed by atoms with E-state index in [1.807, 2.05) is 24.3 Å². The third-order valence-electron chi connectivity index (χ3n) is 4.56. The van der Waals surface area contributed by atoms with E-state index in [0.29, 0.717) is 5.56 Å². The fourth-order valence-electron chi connectivity index (χ4n) is 3.08. The lowest BCUT2D eigenvalue weighted by molar-refractivity contribution is -0.393. The second-order valence-electron chi connectivity index (χ2n) is 6.59. The van der Waals surface area contributed by atoms with Gasteiger partial charge in [0.15, 0.2) is 0 Å². The number of aromatic nitrogens is 1. The number of aliphatic carboxylic acids is 1. The number of rotatable bonds is 9. The molecule has 1 atom stereocenters. The summed E-state index contributed by atoms with van der Waals surface area (Å²) in [7, 11) is 0. The van der Waals surface area contributed by atoms with Gasteiger partial charge in [0.25, 0.3) is 11.4 Å². The zero-order chi connectivity index (χ0) is 22.5. The number of benzene rings is 2. The number of para-hydroxylation sites is 1. The fourth-order valence-corrected chi connectivity index (χ4v) is 3.08. The molecule has 4 N–H and O–H groups in total. The number of carboxylic acid groups (broad SMARTS) is 1. The van der Waals surface area contributed by atoms with Crippen LogP contribution in [0.2, 0.25) is 0 Å². The number of carbonyl (C=O) groups excluding carboxylic acids is 1. The van der Waals surface area contributed by atoms with Gasteiger partial charge in [0.1, 0.15) is 11.7 Å². The van der Waals surface area contributed by atoms with E-state index in [1.165, 1.54) is 0 Å². The van der Waals surface area contributed by atoms with Crippen molar-refractivity contribution in [3.05, 3.63) is 74.5 Å². The Labute approximate surface area is 174 Å². The third kappa shape index (κ3) is 4.93. The largest absolute Gasteiger partial charge is 0.480 e. The summed E-state index contributed by atoms with van der Waals surface area (Å²) in [6.07, 6.45) is 1.70. The maximum atomic E-state index is 12.3. The van der Waals surface area contributed by atoms with Gasteiger partial charge in [-0.05, 0) is 17.7 Å². The quantitative estimate of drug-likeness (QED) is 0.296. The summed E-state index contributed by atoms with van der Waals surface area (Å²) in [5.74, 6) is -1.94. The van der Waals surface area contributed by atoms with E-state index in [1.54, 1.807) is 6.20 Å². The van der Waals surface area contributed by atoms with Crippen molar-refractivity contribution < 1.29 is 24.5 Å². The molecule has 0 bridgehead atoms. The highest BCUT2D eigenvalue weighted by Gasteiger charge is 2.23. The van der Waals surface area contributed by atoms with E-state index in [4.69, 9.17) is 0 Å². The molecule has 0 radical (unpaired) electrons. The number of aromatic amines is 1. The summed E-state index contributed by atoms with van der Waals surface area (Å²) in [5.41, 5.74) is 0.401. The van der Waals surface area contributed by atoms with Crippen LogP contribution in [-0.2, 0) is 16.0 Å². The van der Waals surface area contributed by atoms with E-state index < -0.39 is 45.7 Å². The van der Waals surface area contributed by atoms with E-state index in [2.05, 4.69) is 15.6 Å². The molecule has 0 fully saturated rings. The number of nitro benzene ring substituents is 2. The van der Waals surface area contributed by atoms with E-state index in [9.17, 15) is 34.9 Å². The first-order chi connectivity index (χ1) is 14.8. The van der Waals surface area contributed by atoms with E-state index in [0.717, 1.165) is 29.1 Å². The van der Waals surface area contributed by atoms with Crippen molar-refractivity contribution in [2.75, 3.05) is 11.9 Å². The molecule has 1 heterocycles. The Hall–Kier alpha value is -4.48. The Bertz CT molecular complexity index is 1170. The molecule has 12 heteroatoms. The molecule has 0 aliphatic carbocycles. The summed E-state index contributed by atoms with van der Waals surface area (Å²) in [6.45, 7) is -0.462. The Kier molecular flexibility index (Phi) is 6.10. The number of hydrogen-bond donors (Lipinski definition) is 4. The molecule has 0 saturated heterocycles. The van der Waals surface area contributed by atoms with Crippen molar-refractivity contribution in [2.45, 2.75) is 12.5 Å². The van der Waals surface area contributed by atoms with Gasteiger partial charge in [-0.2, -0.15) is 0 Å². The first kappa shape index (κ1) is 21.2. The van der Waals surface area contributed by atoms with Crippen LogP contribution in [0.5, 0.6) is 0 Å². The molecular weight excluding hydrogens is 410 g/mol. The number of nitrogens with one attached hydrogen (secondary N) is 3. The number of amides is 1. The second-order valence-corrected chi connectivity index (χ2v) is 6.59. The normalized spacial score (nSPS) is 11.6. The molecule has 0 aliphatic rings. The number of hydrogen-bond acceptors (Lipinski definition) is 7. The molecule has 12 nitrogen and oxygen atoms in total.